The van der Waals surface area contributed by atoms with E-state index in [1.165, 1.54) is 17.8 Å². The first kappa shape index (κ1) is 21.1. The number of amides is 1. The summed E-state index contributed by atoms with van der Waals surface area (Å²) in [5, 5.41) is 2.74. The van der Waals surface area contributed by atoms with Crippen LogP contribution in [0.5, 0.6) is 0 Å². The molecule has 0 saturated heterocycles. The summed E-state index contributed by atoms with van der Waals surface area (Å²) >= 11 is 1.26. The van der Waals surface area contributed by atoms with Gasteiger partial charge in [-0.25, -0.2) is 9.18 Å². The molecule has 1 aliphatic rings. The normalized spacial score (nSPS) is 13.2. The van der Waals surface area contributed by atoms with Gasteiger partial charge in [-0.1, -0.05) is 60.7 Å². The topological polar surface area (TPSA) is 55.4 Å². The zero-order chi connectivity index (χ0) is 21.6. The standard InChI is InChI=1S/C25H22FNO3S/c26-23-11-5-6-12-24(23)31-16-17(13-14-28)27-25(29)30-15-22-20-9-3-1-7-18(20)19-8-2-4-10-21(19)22/h1-12,14,17,22H,13,15-16H2,(H,27,29). The van der Waals surface area contributed by atoms with E-state index in [-0.39, 0.29) is 24.8 Å². The van der Waals surface area contributed by atoms with Gasteiger partial charge in [0, 0.05) is 29.0 Å². The number of nitrogens with one attached hydrogen (secondary N) is 1. The van der Waals surface area contributed by atoms with Gasteiger partial charge in [-0.05, 0) is 34.4 Å². The third-order valence-corrected chi connectivity index (χ3v) is 6.53. The number of benzene rings is 3. The third kappa shape index (κ3) is 4.80. The molecule has 1 N–H and O–H groups in total. The predicted molar refractivity (Wildman–Crippen MR) is 120 cm³/mol. The Bertz CT molecular complexity index is 1040. The van der Waals surface area contributed by atoms with Crippen LogP contribution in [0, 0.1) is 5.82 Å². The highest BCUT2D eigenvalue weighted by atomic mass is 32.2. The number of aldehydes is 1. The lowest BCUT2D eigenvalue weighted by molar-refractivity contribution is -0.108. The maximum absolute atomic E-state index is 13.8. The van der Waals surface area contributed by atoms with Gasteiger partial charge in [0.05, 0.1) is 0 Å². The molecule has 31 heavy (non-hydrogen) atoms. The largest absolute Gasteiger partial charge is 0.449 e. The number of fused-ring (bicyclic) bond motifs is 3. The van der Waals surface area contributed by atoms with Crippen molar-refractivity contribution in [3.8, 4) is 11.1 Å². The Morgan fingerprint density at radius 1 is 1.00 bits per heavy atom. The number of rotatable bonds is 8. The lowest BCUT2D eigenvalue weighted by Gasteiger charge is -2.18. The summed E-state index contributed by atoms with van der Waals surface area (Å²) in [6.07, 6.45) is 0.296. The Labute approximate surface area is 184 Å². The lowest BCUT2D eigenvalue weighted by Crippen LogP contribution is -2.38. The lowest BCUT2D eigenvalue weighted by atomic mass is 9.98. The van der Waals surface area contributed by atoms with Crippen molar-refractivity contribution in [2.75, 3.05) is 12.4 Å². The molecule has 158 valence electrons. The summed E-state index contributed by atoms with van der Waals surface area (Å²) in [5.41, 5.74) is 4.59. The van der Waals surface area contributed by atoms with E-state index in [9.17, 15) is 14.0 Å². The monoisotopic (exact) mass is 435 g/mol. The molecular weight excluding hydrogens is 413 g/mol. The van der Waals surface area contributed by atoms with Gasteiger partial charge in [-0.2, -0.15) is 0 Å². The van der Waals surface area contributed by atoms with Crippen LogP contribution in [0.2, 0.25) is 0 Å². The summed E-state index contributed by atoms with van der Waals surface area (Å²) in [7, 11) is 0. The number of hydrogen-bond donors (Lipinski definition) is 1. The minimum absolute atomic E-state index is 0.0320. The molecule has 4 rings (SSSR count). The Hall–Kier alpha value is -3.12. The zero-order valence-corrected chi connectivity index (χ0v) is 17.6. The summed E-state index contributed by atoms with van der Waals surface area (Å²) in [4.78, 5) is 24.0. The molecule has 1 atom stereocenters. The van der Waals surface area contributed by atoms with E-state index in [4.69, 9.17) is 4.74 Å². The molecule has 4 nitrogen and oxygen atoms in total. The fourth-order valence-electron chi connectivity index (χ4n) is 3.84. The van der Waals surface area contributed by atoms with Crippen LogP contribution in [-0.4, -0.2) is 30.8 Å². The van der Waals surface area contributed by atoms with Crippen molar-refractivity contribution >= 4 is 24.1 Å². The highest BCUT2D eigenvalue weighted by Gasteiger charge is 2.29. The predicted octanol–water partition coefficient (Wildman–Crippen LogP) is 5.41. The quantitative estimate of drug-likeness (QED) is 0.379. The van der Waals surface area contributed by atoms with Crippen LogP contribution in [0.3, 0.4) is 0 Å². The summed E-state index contributed by atoms with van der Waals surface area (Å²) in [5.74, 6) is 0.0121. The summed E-state index contributed by atoms with van der Waals surface area (Å²) in [6.45, 7) is 0.203. The van der Waals surface area contributed by atoms with Crippen LogP contribution in [0.4, 0.5) is 9.18 Å². The first-order valence-electron chi connectivity index (χ1n) is 10.1. The van der Waals surface area contributed by atoms with Crippen molar-refractivity contribution in [3.05, 3.63) is 89.7 Å². The van der Waals surface area contributed by atoms with Crippen LogP contribution in [0.1, 0.15) is 23.5 Å². The SMILES string of the molecule is O=CCC(CSc1ccccc1F)NC(=O)OCC1c2ccccc2-c2ccccc21. The Morgan fingerprint density at radius 2 is 1.61 bits per heavy atom. The molecule has 0 bridgehead atoms. The molecule has 0 aromatic heterocycles. The number of thioether (sulfide) groups is 1. The summed E-state index contributed by atoms with van der Waals surface area (Å²) < 4.78 is 19.4. The molecule has 0 heterocycles. The molecule has 0 aliphatic heterocycles. The van der Waals surface area contributed by atoms with Crippen molar-refractivity contribution in [1.82, 2.24) is 5.32 Å². The smallest absolute Gasteiger partial charge is 0.407 e. The van der Waals surface area contributed by atoms with E-state index in [2.05, 4.69) is 29.6 Å². The van der Waals surface area contributed by atoms with E-state index in [1.807, 2.05) is 24.3 Å². The minimum atomic E-state index is -0.581. The first-order chi connectivity index (χ1) is 15.2. The van der Waals surface area contributed by atoms with Crippen molar-refractivity contribution in [3.63, 3.8) is 0 Å². The van der Waals surface area contributed by atoms with Crippen LogP contribution in [-0.2, 0) is 9.53 Å². The molecule has 6 heteroatoms. The second kappa shape index (κ2) is 9.79. The molecule has 3 aromatic carbocycles. The van der Waals surface area contributed by atoms with Crippen molar-refractivity contribution < 1.29 is 18.7 Å². The van der Waals surface area contributed by atoms with E-state index in [1.54, 1.807) is 18.2 Å². The van der Waals surface area contributed by atoms with Gasteiger partial charge in [0.15, 0.2) is 0 Å². The average Bonchev–Trinajstić information content (AvgIpc) is 3.11. The van der Waals surface area contributed by atoms with E-state index in [0.29, 0.717) is 10.6 Å². The minimum Gasteiger partial charge on any atom is -0.449 e. The van der Waals surface area contributed by atoms with Crippen molar-refractivity contribution in [2.45, 2.75) is 23.3 Å². The van der Waals surface area contributed by atoms with Crippen molar-refractivity contribution in [1.29, 1.82) is 0 Å². The van der Waals surface area contributed by atoms with E-state index < -0.39 is 12.1 Å². The van der Waals surface area contributed by atoms with Gasteiger partial charge in [-0.3, -0.25) is 0 Å². The number of carbonyl (C=O) groups is 2. The maximum atomic E-state index is 13.8. The summed E-state index contributed by atoms with van der Waals surface area (Å²) in [6, 6.07) is 22.2. The van der Waals surface area contributed by atoms with Gasteiger partial charge in [-0.15, -0.1) is 11.8 Å². The third-order valence-electron chi connectivity index (χ3n) is 5.32. The van der Waals surface area contributed by atoms with Gasteiger partial charge >= 0.3 is 6.09 Å². The molecular formula is C25H22FNO3S. The number of alkyl carbamates (subject to hydrolysis) is 1. The Balaban J connectivity index is 1.38. The molecule has 0 spiro atoms. The first-order valence-corrected chi connectivity index (χ1v) is 11.1. The fourth-order valence-corrected chi connectivity index (χ4v) is 4.82. The Kier molecular flexibility index (Phi) is 6.67. The second-order valence-corrected chi connectivity index (χ2v) is 8.37. The van der Waals surface area contributed by atoms with Crippen LogP contribution >= 0.6 is 11.8 Å². The highest BCUT2D eigenvalue weighted by molar-refractivity contribution is 7.99. The molecule has 0 radical (unpaired) electrons. The molecule has 1 unspecified atom stereocenters. The van der Waals surface area contributed by atoms with Gasteiger partial charge in [0.1, 0.15) is 18.7 Å². The highest BCUT2D eigenvalue weighted by Crippen LogP contribution is 2.44. The number of ether oxygens (including phenoxy) is 1. The van der Waals surface area contributed by atoms with Crippen molar-refractivity contribution in [2.24, 2.45) is 0 Å². The van der Waals surface area contributed by atoms with Crippen LogP contribution in [0.25, 0.3) is 11.1 Å². The van der Waals surface area contributed by atoms with E-state index >= 15 is 0 Å². The molecule has 1 aliphatic carbocycles. The number of halogens is 1. The Morgan fingerprint density at radius 3 is 2.26 bits per heavy atom. The molecule has 1 amide bonds. The second-order valence-electron chi connectivity index (χ2n) is 7.31. The van der Waals surface area contributed by atoms with Crippen LogP contribution in [0.15, 0.2) is 77.7 Å². The fraction of sp³-hybridized carbons (Fsp3) is 0.200. The van der Waals surface area contributed by atoms with Crippen LogP contribution < -0.4 is 5.32 Å². The number of carbonyl (C=O) groups excluding carboxylic acids is 2. The zero-order valence-electron chi connectivity index (χ0n) is 16.8. The molecule has 0 fully saturated rings. The number of hydrogen-bond acceptors (Lipinski definition) is 4. The molecule has 3 aromatic rings. The van der Waals surface area contributed by atoms with Gasteiger partial charge in [0.2, 0.25) is 0 Å². The maximum Gasteiger partial charge on any atom is 0.407 e. The van der Waals surface area contributed by atoms with Gasteiger partial charge < -0.3 is 14.8 Å². The van der Waals surface area contributed by atoms with Gasteiger partial charge in [0.25, 0.3) is 0 Å². The van der Waals surface area contributed by atoms with E-state index in [0.717, 1.165) is 28.5 Å². The average molecular weight is 436 g/mol. The molecule has 0 saturated carbocycles.